The van der Waals surface area contributed by atoms with E-state index in [0.717, 1.165) is 5.69 Å². The van der Waals surface area contributed by atoms with Gasteiger partial charge in [-0.3, -0.25) is 0 Å². The average Bonchev–Trinajstić information content (AvgIpc) is 2.44. The SMILES string of the molecule is CC.CC.Cc1[c-]snc1C.[Y]. The van der Waals surface area contributed by atoms with Crippen LogP contribution in [0.3, 0.4) is 0 Å². The molecule has 0 saturated heterocycles. The van der Waals surface area contributed by atoms with Crippen LogP contribution in [-0.2, 0) is 32.7 Å². The summed E-state index contributed by atoms with van der Waals surface area (Å²) in [6, 6.07) is 0. The van der Waals surface area contributed by atoms with Crippen LogP contribution in [-0.4, -0.2) is 4.37 Å². The van der Waals surface area contributed by atoms with Gasteiger partial charge in [0.15, 0.2) is 0 Å². The van der Waals surface area contributed by atoms with Crippen LogP contribution in [0, 0.1) is 19.2 Å². The van der Waals surface area contributed by atoms with Gasteiger partial charge in [-0.25, -0.2) is 0 Å². The van der Waals surface area contributed by atoms with Gasteiger partial charge >= 0.3 is 0 Å². The normalized spacial score (nSPS) is 6.50. The fourth-order valence-electron chi connectivity index (χ4n) is 0.302. The summed E-state index contributed by atoms with van der Waals surface area (Å²) in [6.07, 6.45) is 0. The summed E-state index contributed by atoms with van der Waals surface area (Å²) < 4.78 is 4.00. The zero-order valence-electron chi connectivity index (χ0n) is 8.93. The van der Waals surface area contributed by atoms with Crippen molar-refractivity contribution < 1.29 is 32.7 Å². The van der Waals surface area contributed by atoms with Crippen molar-refractivity contribution in [3.8, 4) is 0 Å². The molecule has 0 spiro atoms. The standard InChI is InChI=1S/C5H6NS.2C2H6.Y/c1-4-3-7-6-5(4)2;2*1-2;/h1-2H3;2*1-2H3;/q-1;;;. The number of hydrogen-bond donors (Lipinski definition) is 0. The van der Waals surface area contributed by atoms with Gasteiger partial charge in [-0.2, -0.15) is 22.5 Å². The van der Waals surface area contributed by atoms with Gasteiger partial charge in [0.05, 0.1) is 0 Å². The van der Waals surface area contributed by atoms with Crippen LogP contribution in [0.4, 0.5) is 0 Å². The summed E-state index contributed by atoms with van der Waals surface area (Å²) in [6.45, 7) is 12.0. The minimum Gasteiger partial charge on any atom is -0.313 e. The topological polar surface area (TPSA) is 12.9 Å². The van der Waals surface area contributed by atoms with Crippen LogP contribution in [0.1, 0.15) is 39.0 Å². The van der Waals surface area contributed by atoms with Crippen molar-refractivity contribution in [1.82, 2.24) is 4.37 Å². The number of aryl methyl sites for hydroxylation is 2. The maximum absolute atomic E-state index is 4.00. The van der Waals surface area contributed by atoms with Gasteiger partial charge in [-0.15, -0.1) is 0 Å². The predicted molar refractivity (Wildman–Crippen MR) is 53.1 cm³/mol. The molecule has 0 unspecified atom stereocenters. The van der Waals surface area contributed by atoms with Gasteiger partial charge in [0, 0.05) is 32.7 Å². The molecule has 0 aliphatic rings. The summed E-state index contributed by atoms with van der Waals surface area (Å²) in [7, 11) is 0. The molecular formula is C9H18NSY-. The zero-order chi connectivity index (χ0) is 9.28. The summed E-state index contributed by atoms with van der Waals surface area (Å²) in [4.78, 5) is 0. The van der Waals surface area contributed by atoms with Crippen molar-refractivity contribution in [2.45, 2.75) is 41.5 Å². The molecule has 1 rings (SSSR count). The Kier molecular flexibility index (Phi) is 22.0. The average molecular weight is 261 g/mol. The van der Waals surface area contributed by atoms with Crippen molar-refractivity contribution in [3.63, 3.8) is 0 Å². The molecule has 0 amide bonds. The molecule has 1 radical (unpaired) electrons. The largest absolute Gasteiger partial charge is 0.313 e. The maximum Gasteiger partial charge on any atom is 0 e. The van der Waals surface area contributed by atoms with Gasteiger partial charge in [-0.05, 0) is 0 Å². The van der Waals surface area contributed by atoms with Crippen LogP contribution in [0.5, 0.6) is 0 Å². The Labute approximate surface area is 106 Å². The molecule has 0 bridgehead atoms. The van der Waals surface area contributed by atoms with Crippen LogP contribution >= 0.6 is 11.5 Å². The first kappa shape index (κ1) is 18.5. The van der Waals surface area contributed by atoms with Crippen molar-refractivity contribution >= 4 is 11.5 Å². The molecule has 0 atom stereocenters. The summed E-state index contributed by atoms with van der Waals surface area (Å²) in [5.41, 5.74) is 2.27. The molecule has 69 valence electrons. The fourth-order valence-corrected chi connectivity index (χ4v) is 0.906. The molecule has 12 heavy (non-hydrogen) atoms. The van der Waals surface area contributed by atoms with E-state index in [-0.39, 0.29) is 32.7 Å². The first-order valence-electron chi connectivity index (χ1n) is 4.11. The van der Waals surface area contributed by atoms with E-state index in [1.165, 1.54) is 17.1 Å². The molecule has 0 fully saturated rings. The smallest absolute Gasteiger partial charge is 0 e. The molecule has 3 heteroatoms. The zero-order valence-corrected chi connectivity index (χ0v) is 12.6. The minimum atomic E-state index is 0. The van der Waals surface area contributed by atoms with E-state index < -0.39 is 0 Å². The Morgan fingerprint density at radius 1 is 1.08 bits per heavy atom. The molecule has 0 aromatic carbocycles. The Morgan fingerprint density at radius 2 is 1.50 bits per heavy atom. The molecule has 0 aliphatic carbocycles. The van der Waals surface area contributed by atoms with Crippen LogP contribution < -0.4 is 0 Å². The molecule has 1 aromatic rings. The van der Waals surface area contributed by atoms with Gasteiger partial charge in [-0.1, -0.05) is 47.2 Å². The quantitative estimate of drug-likeness (QED) is 0.650. The number of nitrogens with zero attached hydrogens (tertiary/aromatic N) is 1. The Hall–Kier alpha value is 0.734. The monoisotopic (exact) mass is 261 g/mol. The molecule has 1 nitrogen and oxygen atoms in total. The van der Waals surface area contributed by atoms with Crippen LogP contribution in [0.25, 0.3) is 0 Å². The number of hydrogen-bond acceptors (Lipinski definition) is 2. The van der Waals surface area contributed by atoms with E-state index >= 15 is 0 Å². The minimum absolute atomic E-state index is 0. The molecule has 0 saturated carbocycles. The Bertz CT molecular complexity index is 147. The van der Waals surface area contributed by atoms with E-state index in [0.29, 0.717) is 0 Å². The van der Waals surface area contributed by atoms with Crippen molar-refractivity contribution in [1.29, 1.82) is 0 Å². The van der Waals surface area contributed by atoms with Crippen LogP contribution in [0.2, 0.25) is 0 Å². The summed E-state index contributed by atoms with van der Waals surface area (Å²) >= 11 is 1.39. The van der Waals surface area contributed by atoms with E-state index in [4.69, 9.17) is 0 Å². The molecule has 1 heterocycles. The maximum atomic E-state index is 4.00. The van der Waals surface area contributed by atoms with Gasteiger partial charge in [0.2, 0.25) is 0 Å². The Morgan fingerprint density at radius 3 is 1.58 bits per heavy atom. The number of aromatic nitrogens is 1. The summed E-state index contributed by atoms with van der Waals surface area (Å²) in [5.74, 6) is 0. The summed E-state index contributed by atoms with van der Waals surface area (Å²) in [5, 5.41) is 3.00. The van der Waals surface area contributed by atoms with E-state index in [1.54, 1.807) is 0 Å². The van der Waals surface area contributed by atoms with Crippen LogP contribution in [0.15, 0.2) is 0 Å². The van der Waals surface area contributed by atoms with Crippen molar-refractivity contribution in [2.24, 2.45) is 0 Å². The van der Waals surface area contributed by atoms with E-state index in [1.807, 2.05) is 41.5 Å². The van der Waals surface area contributed by atoms with Gasteiger partial charge < -0.3 is 4.37 Å². The third-order valence-corrected chi connectivity index (χ3v) is 1.69. The molecular weight excluding hydrogens is 243 g/mol. The second-order valence-corrected chi connectivity index (χ2v) is 2.06. The van der Waals surface area contributed by atoms with E-state index in [9.17, 15) is 0 Å². The van der Waals surface area contributed by atoms with Gasteiger partial charge in [0.1, 0.15) is 0 Å². The number of rotatable bonds is 0. The fraction of sp³-hybridized carbons (Fsp3) is 0.667. The van der Waals surface area contributed by atoms with Crippen molar-refractivity contribution in [3.05, 3.63) is 16.6 Å². The predicted octanol–water partition coefficient (Wildman–Crippen LogP) is 3.61. The van der Waals surface area contributed by atoms with Gasteiger partial charge in [0.25, 0.3) is 0 Å². The Balaban J connectivity index is -0.000000144. The van der Waals surface area contributed by atoms with E-state index in [2.05, 4.69) is 9.75 Å². The first-order chi connectivity index (χ1) is 5.30. The second-order valence-electron chi connectivity index (χ2n) is 1.50. The molecule has 0 aliphatic heterocycles. The third kappa shape index (κ3) is 8.83. The van der Waals surface area contributed by atoms with Crippen molar-refractivity contribution in [2.75, 3.05) is 0 Å². The molecule has 0 N–H and O–H groups in total. The molecule has 1 aromatic heterocycles. The third-order valence-electron chi connectivity index (χ3n) is 0.924. The second kappa shape index (κ2) is 14.3. The first-order valence-corrected chi connectivity index (χ1v) is 4.88.